The summed E-state index contributed by atoms with van der Waals surface area (Å²) in [7, 11) is 0. The molecule has 1 aromatic rings. The Kier molecular flexibility index (Phi) is 36.9. The number of ketones is 3. The van der Waals surface area contributed by atoms with Crippen molar-refractivity contribution in [1.82, 2.24) is 0 Å². The normalized spacial score (nSPS) is 11.9. The molecule has 0 saturated carbocycles. The van der Waals surface area contributed by atoms with E-state index >= 15 is 0 Å². The first-order valence-electron chi connectivity index (χ1n) is 22.9. The smallest absolute Gasteiger partial charge is 0.878 e. The molecule has 7 heteroatoms. The molecule has 1 aromatic carbocycles. The summed E-state index contributed by atoms with van der Waals surface area (Å²) in [4.78, 5) is 39.9. The molecule has 0 fully saturated rings. The van der Waals surface area contributed by atoms with Crippen molar-refractivity contribution in [2.24, 2.45) is 0 Å². The largest absolute Gasteiger partial charge is 1.00 e. The number of hydrogen-bond donors (Lipinski definition) is 2. The van der Waals surface area contributed by atoms with Gasteiger partial charge in [0, 0.05) is 42.0 Å². The zero-order chi connectivity index (χ0) is 40.2. The van der Waals surface area contributed by atoms with Gasteiger partial charge in [-0.25, -0.2) is 0 Å². The quantitative estimate of drug-likeness (QED) is 0.0228. The van der Waals surface area contributed by atoms with Crippen LogP contribution in [0.15, 0.2) is 54.1 Å². The number of carbonyl (C=O) groups is 3. The predicted octanol–water partition coefficient (Wildman–Crippen LogP) is 11.3. The van der Waals surface area contributed by atoms with Crippen molar-refractivity contribution >= 4 is 28.7 Å². The zero-order valence-corrected chi connectivity index (χ0v) is 38.9. The Bertz CT molecular complexity index is 1250. The minimum atomic E-state index is -0.375. The van der Waals surface area contributed by atoms with E-state index in [1.54, 1.807) is 12.1 Å². The second-order valence-corrected chi connectivity index (χ2v) is 15.7. The van der Waals surface area contributed by atoms with Gasteiger partial charge >= 0.3 is 29.6 Å². The second-order valence-electron chi connectivity index (χ2n) is 15.7. The zero-order valence-electron chi connectivity index (χ0n) is 36.9. The maximum absolute atomic E-state index is 13.6. The van der Waals surface area contributed by atoms with E-state index in [1.165, 1.54) is 116 Å². The van der Waals surface area contributed by atoms with E-state index in [0.29, 0.717) is 42.5 Å². The molecule has 0 spiro atoms. The van der Waals surface area contributed by atoms with Gasteiger partial charge in [-0.1, -0.05) is 169 Å². The van der Waals surface area contributed by atoms with Gasteiger partial charge in [0.2, 0.25) is 0 Å². The molecule has 0 aliphatic rings. The summed E-state index contributed by atoms with van der Waals surface area (Å²) < 4.78 is 0. The van der Waals surface area contributed by atoms with E-state index < -0.39 is 0 Å². The Morgan fingerprint density at radius 3 is 1.20 bits per heavy atom. The Morgan fingerprint density at radius 2 is 0.821 bits per heavy atom. The summed E-state index contributed by atoms with van der Waals surface area (Å²) in [6.07, 6.45) is 38.0. The third-order valence-corrected chi connectivity index (χ3v) is 10.7. The van der Waals surface area contributed by atoms with Gasteiger partial charge in [0.05, 0.1) is 11.4 Å². The maximum atomic E-state index is 13.6. The van der Waals surface area contributed by atoms with E-state index in [9.17, 15) is 19.5 Å². The number of hydrogen-bond acceptors (Lipinski definition) is 6. The van der Waals surface area contributed by atoms with Crippen LogP contribution in [0.4, 0.5) is 11.4 Å². The fraction of sp³-hybridized carbons (Fsp3) is 0.694. The Balaban J connectivity index is 0.0000302. The first kappa shape index (κ1) is 53.9. The van der Waals surface area contributed by atoms with Crippen molar-refractivity contribution in [1.29, 1.82) is 0 Å². The molecule has 0 saturated heterocycles. The molecule has 0 radical (unpaired) electrons. The number of unbranched alkanes of at least 4 members (excludes halogenated alkanes) is 22. The second kappa shape index (κ2) is 38.4. The van der Waals surface area contributed by atoms with Crippen molar-refractivity contribution in [2.75, 3.05) is 10.6 Å². The Morgan fingerprint density at radius 1 is 0.482 bits per heavy atom. The molecule has 6 nitrogen and oxygen atoms in total. The molecule has 0 aromatic heterocycles. The molecule has 0 heterocycles. The standard InChI is InChI=1S/C49H82N2O4.Na/c1-5-9-13-17-21-25-29-33-47(53)43(31-27-23-19-15-11-7-3)40-50-45-36-35-42(49(55)37-38-52)39-46(45)51-41-44(32-28-24-20-16-12-8-4)48(54)34-30-26-22-18-14-10-6-2;/h35-41,50-52H,5-34H2,1-4H3;/q;+1/p-1/b38-37+,43-40+,44-41+;. The summed E-state index contributed by atoms with van der Waals surface area (Å²) in [6, 6.07) is 5.24. The van der Waals surface area contributed by atoms with Gasteiger partial charge in [0.25, 0.3) is 0 Å². The predicted molar refractivity (Wildman–Crippen MR) is 235 cm³/mol. The molecule has 0 amide bonds. The molecule has 0 aliphatic heterocycles. The molecule has 312 valence electrons. The summed E-state index contributed by atoms with van der Waals surface area (Å²) in [5, 5.41) is 18.0. The van der Waals surface area contributed by atoms with Crippen LogP contribution in [0.5, 0.6) is 0 Å². The Hall–Kier alpha value is -2.15. The third kappa shape index (κ3) is 27.5. The van der Waals surface area contributed by atoms with E-state index in [4.69, 9.17) is 0 Å². The van der Waals surface area contributed by atoms with Crippen LogP contribution in [0.2, 0.25) is 0 Å². The number of Topliss-reactive ketones (excluding diaryl/α,β-unsaturated/α-hetero) is 2. The monoisotopic (exact) mass is 785 g/mol. The van der Waals surface area contributed by atoms with Gasteiger partial charge in [0.15, 0.2) is 17.3 Å². The molecule has 56 heavy (non-hydrogen) atoms. The first-order chi connectivity index (χ1) is 26.9. The van der Waals surface area contributed by atoms with Crippen LogP contribution in [-0.2, 0) is 9.59 Å². The summed E-state index contributed by atoms with van der Waals surface area (Å²) in [6.45, 7) is 8.90. The van der Waals surface area contributed by atoms with Gasteiger partial charge in [-0.2, -0.15) is 0 Å². The fourth-order valence-corrected chi connectivity index (χ4v) is 7.01. The summed E-state index contributed by atoms with van der Waals surface area (Å²) in [5.74, 6) is 0.0105. The van der Waals surface area contributed by atoms with Crippen LogP contribution in [0.25, 0.3) is 0 Å². The van der Waals surface area contributed by atoms with Gasteiger partial charge < -0.3 is 15.7 Å². The first-order valence-corrected chi connectivity index (χ1v) is 22.9. The molecule has 0 aliphatic carbocycles. The average molecular weight is 785 g/mol. The topological polar surface area (TPSA) is 98.3 Å². The van der Waals surface area contributed by atoms with Crippen molar-refractivity contribution in [3.8, 4) is 0 Å². The van der Waals surface area contributed by atoms with Crippen LogP contribution in [0.1, 0.15) is 231 Å². The molecule has 2 N–H and O–H groups in total. The van der Waals surface area contributed by atoms with E-state index in [1.807, 2.05) is 18.5 Å². The molecule has 0 bridgehead atoms. The molecule has 1 rings (SSSR count). The number of nitrogens with one attached hydrogen (secondary N) is 2. The number of benzene rings is 1. The Labute approximate surface area is 366 Å². The minimum Gasteiger partial charge on any atom is -0.878 e. The third-order valence-electron chi connectivity index (χ3n) is 10.7. The van der Waals surface area contributed by atoms with Gasteiger partial charge in [-0.05, 0) is 62.8 Å². The van der Waals surface area contributed by atoms with Crippen LogP contribution in [0.3, 0.4) is 0 Å². The summed E-state index contributed by atoms with van der Waals surface area (Å²) >= 11 is 0. The van der Waals surface area contributed by atoms with Crippen molar-refractivity contribution in [3.05, 3.63) is 59.6 Å². The van der Waals surface area contributed by atoms with Crippen LogP contribution in [0, 0.1) is 0 Å². The maximum Gasteiger partial charge on any atom is 1.00 e. The van der Waals surface area contributed by atoms with Crippen LogP contribution < -0.4 is 45.3 Å². The SMILES string of the molecule is CCCCCCCCCC(=O)/C(=C/Nc1ccc(C(=O)/C=C/[O-])cc1N/C=C(\CCCCCCCC)C(=O)CCCCCCCCC)CCCCCCCC.[Na+]. The number of carbonyl (C=O) groups excluding carboxylic acids is 3. The minimum absolute atomic E-state index is 0. The summed E-state index contributed by atoms with van der Waals surface area (Å²) in [5.41, 5.74) is 3.32. The van der Waals surface area contributed by atoms with Gasteiger partial charge in [-0.3, -0.25) is 14.4 Å². The molecular weight excluding hydrogens is 704 g/mol. The average Bonchev–Trinajstić information content (AvgIpc) is 3.19. The van der Waals surface area contributed by atoms with Crippen LogP contribution in [-0.4, -0.2) is 17.3 Å². The van der Waals surface area contributed by atoms with Crippen molar-refractivity contribution in [3.63, 3.8) is 0 Å². The van der Waals surface area contributed by atoms with Gasteiger partial charge in [-0.15, -0.1) is 6.26 Å². The number of anilines is 2. The van der Waals surface area contributed by atoms with E-state index in [0.717, 1.165) is 75.0 Å². The van der Waals surface area contributed by atoms with Crippen molar-refractivity contribution in [2.45, 2.75) is 220 Å². The fourth-order valence-electron chi connectivity index (χ4n) is 7.01. The van der Waals surface area contributed by atoms with Crippen LogP contribution >= 0.6 is 0 Å². The molecule has 0 atom stereocenters. The van der Waals surface area contributed by atoms with Crippen molar-refractivity contribution < 1.29 is 49.0 Å². The van der Waals surface area contributed by atoms with E-state index in [-0.39, 0.29) is 46.9 Å². The number of rotatable bonds is 38. The van der Waals surface area contributed by atoms with Gasteiger partial charge in [0.1, 0.15) is 0 Å². The van der Waals surface area contributed by atoms with E-state index in [2.05, 4.69) is 38.3 Å². The number of allylic oxidation sites excluding steroid dienone is 3. The molecular formula is C49H81N2NaO4. The molecule has 0 unspecified atom stereocenters.